The first-order valence-corrected chi connectivity index (χ1v) is 7.20. The Balaban J connectivity index is 1.78. The Morgan fingerprint density at radius 1 is 1.22 bits per heavy atom. The summed E-state index contributed by atoms with van der Waals surface area (Å²) in [6, 6.07) is 4.28. The zero-order valence-corrected chi connectivity index (χ0v) is 11.8. The zero-order valence-electron chi connectivity index (χ0n) is 10.2. The lowest BCUT2D eigenvalue weighted by molar-refractivity contribution is -0.121. The molecule has 3 rings (SSSR count). The van der Waals surface area contributed by atoms with Crippen LogP contribution in [0.1, 0.15) is 24.0 Å². The van der Waals surface area contributed by atoms with Crippen LogP contribution in [-0.4, -0.2) is 30.4 Å². The lowest BCUT2D eigenvalue weighted by Gasteiger charge is -2.26. The molecule has 1 fully saturated rings. The highest BCUT2D eigenvalue weighted by atomic mass is 79.9. The minimum Gasteiger partial charge on any atom is -0.493 e. The molecular weight excluding hydrogens is 294 g/mol. The van der Waals surface area contributed by atoms with Crippen LogP contribution in [0.15, 0.2) is 16.6 Å². The third kappa shape index (κ3) is 2.45. The van der Waals surface area contributed by atoms with Crippen LogP contribution >= 0.6 is 15.9 Å². The molecule has 2 aliphatic heterocycles. The maximum absolute atomic E-state index is 11.2. The van der Waals surface area contributed by atoms with Gasteiger partial charge in [-0.1, -0.05) is 15.9 Å². The van der Waals surface area contributed by atoms with Crippen molar-refractivity contribution in [2.45, 2.75) is 25.8 Å². The summed E-state index contributed by atoms with van der Waals surface area (Å²) in [7, 11) is 0. The van der Waals surface area contributed by atoms with E-state index >= 15 is 0 Å². The zero-order chi connectivity index (χ0) is 12.5. The van der Waals surface area contributed by atoms with Gasteiger partial charge >= 0.3 is 0 Å². The van der Waals surface area contributed by atoms with Gasteiger partial charge in [0.2, 0.25) is 0 Å². The van der Waals surface area contributed by atoms with E-state index in [0.29, 0.717) is 18.6 Å². The van der Waals surface area contributed by atoms with Crippen LogP contribution in [0.5, 0.6) is 5.75 Å². The number of ether oxygens (including phenoxy) is 1. The van der Waals surface area contributed by atoms with Crippen molar-refractivity contribution in [3.05, 3.63) is 27.7 Å². The topological polar surface area (TPSA) is 29.5 Å². The molecule has 0 unspecified atom stereocenters. The Hall–Kier alpha value is -0.870. The standard InChI is InChI=1S/C14H16BrNO2/c15-12-7-10-3-6-18-14(10)11(8-12)9-16-4-1-13(17)2-5-16/h7-8H,1-6,9H2. The number of ketones is 1. The molecule has 0 saturated carbocycles. The Bertz CT molecular complexity index is 477. The van der Waals surface area contributed by atoms with E-state index in [4.69, 9.17) is 4.74 Å². The Morgan fingerprint density at radius 2 is 2.00 bits per heavy atom. The van der Waals surface area contributed by atoms with Crippen molar-refractivity contribution >= 4 is 21.7 Å². The summed E-state index contributed by atoms with van der Waals surface area (Å²) in [5, 5.41) is 0. The second-order valence-electron chi connectivity index (χ2n) is 4.97. The molecule has 0 aromatic heterocycles. The van der Waals surface area contributed by atoms with Gasteiger partial charge in [-0.05, 0) is 17.7 Å². The molecule has 1 saturated heterocycles. The van der Waals surface area contributed by atoms with Gasteiger partial charge in [0.15, 0.2) is 0 Å². The molecule has 0 amide bonds. The minimum atomic E-state index is 0.391. The molecule has 1 aromatic rings. The van der Waals surface area contributed by atoms with Gasteiger partial charge in [-0.25, -0.2) is 0 Å². The molecule has 0 radical (unpaired) electrons. The van der Waals surface area contributed by atoms with Crippen molar-refractivity contribution < 1.29 is 9.53 Å². The van der Waals surface area contributed by atoms with E-state index in [9.17, 15) is 4.79 Å². The number of carbonyl (C=O) groups is 1. The number of halogens is 1. The fraction of sp³-hybridized carbons (Fsp3) is 0.500. The first kappa shape index (κ1) is 12.2. The fourth-order valence-corrected chi connectivity index (χ4v) is 3.22. The summed E-state index contributed by atoms with van der Waals surface area (Å²) in [5.74, 6) is 1.46. The predicted molar refractivity (Wildman–Crippen MR) is 72.9 cm³/mol. The summed E-state index contributed by atoms with van der Waals surface area (Å²) < 4.78 is 6.85. The number of likely N-dealkylation sites (tertiary alicyclic amines) is 1. The maximum Gasteiger partial charge on any atom is 0.135 e. The van der Waals surface area contributed by atoms with Crippen molar-refractivity contribution in [1.82, 2.24) is 4.90 Å². The van der Waals surface area contributed by atoms with Gasteiger partial charge < -0.3 is 4.74 Å². The number of rotatable bonds is 2. The summed E-state index contributed by atoms with van der Waals surface area (Å²) >= 11 is 3.56. The van der Waals surface area contributed by atoms with Gasteiger partial charge in [-0.15, -0.1) is 0 Å². The fourth-order valence-electron chi connectivity index (χ4n) is 2.66. The summed E-state index contributed by atoms with van der Waals surface area (Å²) in [6.45, 7) is 3.42. The molecule has 0 bridgehead atoms. The van der Waals surface area contributed by atoms with Crippen molar-refractivity contribution in [1.29, 1.82) is 0 Å². The minimum absolute atomic E-state index is 0.391. The molecule has 0 atom stereocenters. The van der Waals surface area contributed by atoms with Gasteiger partial charge in [0, 0.05) is 48.9 Å². The summed E-state index contributed by atoms with van der Waals surface area (Å²) in [5.41, 5.74) is 2.54. The predicted octanol–water partition coefficient (Wildman–Crippen LogP) is 2.55. The van der Waals surface area contributed by atoms with E-state index in [1.807, 2.05) is 0 Å². The van der Waals surface area contributed by atoms with Crippen molar-refractivity contribution in [3.63, 3.8) is 0 Å². The molecule has 18 heavy (non-hydrogen) atoms. The van der Waals surface area contributed by atoms with E-state index in [0.717, 1.165) is 42.9 Å². The van der Waals surface area contributed by atoms with Gasteiger partial charge in [0.05, 0.1) is 6.61 Å². The van der Waals surface area contributed by atoms with Crippen LogP contribution in [0.4, 0.5) is 0 Å². The summed E-state index contributed by atoms with van der Waals surface area (Å²) in [4.78, 5) is 13.6. The van der Waals surface area contributed by atoms with E-state index < -0.39 is 0 Å². The highest BCUT2D eigenvalue weighted by Crippen LogP contribution is 2.34. The quantitative estimate of drug-likeness (QED) is 0.841. The third-order valence-electron chi connectivity index (χ3n) is 3.63. The van der Waals surface area contributed by atoms with Crippen LogP contribution in [0.25, 0.3) is 0 Å². The summed E-state index contributed by atoms with van der Waals surface area (Å²) in [6.07, 6.45) is 2.38. The molecule has 4 heteroatoms. The normalized spacial score (nSPS) is 19.7. The lowest BCUT2D eigenvalue weighted by atomic mass is 10.1. The van der Waals surface area contributed by atoms with Crippen molar-refractivity contribution in [2.24, 2.45) is 0 Å². The van der Waals surface area contributed by atoms with Gasteiger partial charge in [-0.2, -0.15) is 0 Å². The molecular formula is C14H16BrNO2. The largest absolute Gasteiger partial charge is 0.493 e. The molecule has 0 aliphatic carbocycles. The Morgan fingerprint density at radius 3 is 2.78 bits per heavy atom. The highest BCUT2D eigenvalue weighted by Gasteiger charge is 2.21. The molecule has 3 nitrogen and oxygen atoms in total. The average Bonchev–Trinajstić information content (AvgIpc) is 2.80. The van der Waals surface area contributed by atoms with E-state index in [2.05, 4.69) is 33.0 Å². The van der Waals surface area contributed by atoms with Crippen LogP contribution in [0, 0.1) is 0 Å². The van der Waals surface area contributed by atoms with Crippen LogP contribution in [0.2, 0.25) is 0 Å². The number of hydrogen-bond donors (Lipinski definition) is 0. The smallest absolute Gasteiger partial charge is 0.135 e. The number of nitrogens with zero attached hydrogens (tertiary/aromatic N) is 1. The molecule has 2 heterocycles. The van der Waals surface area contributed by atoms with Crippen molar-refractivity contribution in [2.75, 3.05) is 19.7 Å². The van der Waals surface area contributed by atoms with Gasteiger partial charge in [0.1, 0.15) is 11.5 Å². The molecule has 0 N–H and O–H groups in total. The number of piperidine rings is 1. The van der Waals surface area contributed by atoms with E-state index in [1.165, 1.54) is 11.1 Å². The molecule has 1 aromatic carbocycles. The van der Waals surface area contributed by atoms with Crippen LogP contribution in [0.3, 0.4) is 0 Å². The first-order chi connectivity index (χ1) is 8.72. The molecule has 96 valence electrons. The number of hydrogen-bond acceptors (Lipinski definition) is 3. The number of carbonyl (C=O) groups excluding carboxylic acids is 1. The second kappa shape index (κ2) is 5.02. The average molecular weight is 310 g/mol. The van der Waals surface area contributed by atoms with E-state index in [1.54, 1.807) is 0 Å². The third-order valence-corrected chi connectivity index (χ3v) is 4.09. The van der Waals surface area contributed by atoms with Gasteiger partial charge in [-0.3, -0.25) is 9.69 Å². The number of Topliss-reactive ketones (excluding diaryl/α,β-unsaturated/α-hetero) is 1. The second-order valence-corrected chi connectivity index (χ2v) is 5.88. The number of fused-ring (bicyclic) bond motifs is 1. The Labute approximate surface area is 115 Å². The Kier molecular flexibility index (Phi) is 3.39. The highest BCUT2D eigenvalue weighted by molar-refractivity contribution is 9.10. The molecule has 2 aliphatic rings. The number of benzene rings is 1. The monoisotopic (exact) mass is 309 g/mol. The maximum atomic E-state index is 11.2. The van der Waals surface area contributed by atoms with Crippen LogP contribution in [-0.2, 0) is 17.8 Å². The first-order valence-electron chi connectivity index (χ1n) is 6.40. The van der Waals surface area contributed by atoms with Gasteiger partial charge in [0.25, 0.3) is 0 Å². The SMILES string of the molecule is O=C1CCN(Cc2cc(Br)cc3c2OCC3)CC1. The lowest BCUT2D eigenvalue weighted by Crippen LogP contribution is -2.33. The van der Waals surface area contributed by atoms with Crippen molar-refractivity contribution in [3.8, 4) is 5.75 Å². The van der Waals surface area contributed by atoms with E-state index in [-0.39, 0.29) is 0 Å². The van der Waals surface area contributed by atoms with Crippen LogP contribution < -0.4 is 4.74 Å². The molecule has 0 spiro atoms.